The van der Waals surface area contributed by atoms with Crippen molar-refractivity contribution < 1.29 is 4.79 Å². The van der Waals surface area contributed by atoms with Crippen LogP contribution >= 0.6 is 11.3 Å². The topological polar surface area (TPSA) is 42.0 Å². The van der Waals surface area contributed by atoms with E-state index in [0.29, 0.717) is 5.56 Å². The summed E-state index contributed by atoms with van der Waals surface area (Å²) < 4.78 is 0. The van der Waals surface area contributed by atoms with Crippen LogP contribution in [-0.2, 0) is 0 Å². The van der Waals surface area contributed by atoms with Gasteiger partial charge in [-0.05, 0) is 24.3 Å². The number of rotatable bonds is 3. The molecule has 20 heavy (non-hydrogen) atoms. The van der Waals surface area contributed by atoms with E-state index in [1.54, 1.807) is 29.0 Å². The predicted octanol–water partition coefficient (Wildman–Crippen LogP) is 4.06. The largest absolute Gasteiger partial charge is 0.322 e. The van der Waals surface area contributed by atoms with Crippen LogP contribution in [0, 0.1) is 0 Å². The summed E-state index contributed by atoms with van der Waals surface area (Å²) in [7, 11) is 0. The summed E-state index contributed by atoms with van der Waals surface area (Å²) in [6.07, 6.45) is 0. The first-order chi connectivity index (χ1) is 9.83. The van der Waals surface area contributed by atoms with Gasteiger partial charge in [0.2, 0.25) is 0 Å². The molecule has 1 N–H and O–H groups in total. The number of benzene rings is 2. The van der Waals surface area contributed by atoms with E-state index in [9.17, 15) is 4.79 Å². The van der Waals surface area contributed by atoms with Crippen LogP contribution in [0.15, 0.2) is 65.5 Å². The third-order valence-electron chi connectivity index (χ3n) is 2.91. The van der Waals surface area contributed by atoms with Crippen molar-refractivity contribution in [1.29, 1.82) is 0 Å². The van der Waals surface area contributed by atoms with Gasteiger partial charge in [-0.2, -0.15) is 0 Å². The Hall–Kier alpha value is -2.46. The molecule has 0 aliphatic heterocycles. The Morgan fingerprint density at radius 3 is 2.40 bits per heavy atom. The lowest BCUT2D eigenvalue weighted by Gasteiger charge is -2.05. The molecule has 0 fully saturated rings. The van der Waals surface area contributed by atoms with Crippen molar-refractivity contribution in [2.45, 2.75) is 0 Å². The van der Waals surface area contributed by atoms with Crippen molar-refractivity contribution in [2.75, 3.05) is 5.32 Å². The van der Waals surface area contributed by atoms with E-state index in [4.69, 9.17) is 0 Å². The van der Waals surface area contributed by atoms with Crippen LogP contribution < -0.4 is 5.32 Å². The summed E-state index contributed by atoms with van der Waals surface area (Å²) in [5.74, 6) is -0.105. The molecule has 3 nitrogen and oxygen atoms in total. The number of nitrogens with one attached hydrogen (secondary N) is 1. The van der Waals surface area contributed by atoms with E-state index >= 15 is 0 Å². The lowest BCUT2D eigenvalue weighted by Crippen LogP contribution is -2.11. The normalized spacial score (nSPS) is 10.2. The fraction of sp³-hybridized carbons (Fsp3) is 0. The average Bonchev–Trinajstić information content (AvgIpc) is 3.03. The molecule has 0 aliphatic carbocycles. The molecule has 1 heterocycles. The lowest BCUT2D eigenvalue weighted by atomic mass is 10.1. The molecule has 0 radical (unpaired) electrons. The Morgan fingerprint density at radius 1 is 1.00 bits per heavy atom. The molecule has 4 heteroatoms. The maximum absolute atomic E-state index is 12.0. The third-order valence-corrected chi connectivity index (χ3v) is 3.49. The van der Waals surface area contributed by atoms with Gasteiger partial charge >= 0.3 is 0 Å². The molecule has 1 amide bonds. The van der Waals surface area contributed by atoms with Crippen LogP contribution in [-0.4, -0.2) is 10.9 Å². The number of amides is 1. The molecule has 3 aromatic rings. The maximum atomic E-state index is 12.0. The molecular formula is C16H12N2OS. The van der Waals surface area contributed by atoms with Gasteiger partial charge in [-0.15, -0.1) is 11.3 Å². The van der Waals surface area contributed by atoms with E-state index in [0.717, 1.165) is 16.9 Å². The molecule has 0 unspecified atom stereocenters. The van der Waals surface area contributed by atoms with Gasteiger partial charge in [0, 0.05) is 22.2 Å². The summed E-state index contributed by atoms with van der Waals surface area (Å²) >= 11 is 1.57. The van der Waals surface area contributed by atoms with Gasteiger partial charge < -0.3 is 5.32 Å². The van der Waals surface area contributed by atoms with Crippen LogP contribution in [0.5, 0.6) is 0 Å². The number of aromatic nitrogens is 1. The minimum absolute atomic E-state index is 0.105. The van der Waals surface area contributed by atoms with Gasteiger partial charge in [-0.25, -0.2) is 4.98 Å². The summed E-state index contributed by atoms with van der Waals surface area (Å²) in [5.41, 5.74) is 5.23. The van der Waals surface area contributed by atoms with Crippen LogP contribution in [0.25, 0.3) is 11.3 Å². The van der Waals surface area contributed by atoms with Crippen LogP contribution in [0.2, 0.25) is 0 Å². The molecule has 0 spiro atoms. The second-order valence-electron chi connectivity index (χ2n) is 4.27. The highest BCUT2D eigenvalue weighted by atomic mass is 32.1. The second-order valence-corrected chi connectivity index (χ2v) is 4.99. The molecule has 0 aliphatic rings. The number of carbonyl (C=O) groups is 1. The first kappa shape index (κ1) is 12.6. The molecule has 0 saturated carbocycles. The van der Waals surface area contributed by atoms with Crippen LogP contribution in [0.1, 0.15) is 10.4 Å². The van der Waals surface area contributed by atoms with Gasteiger partial charge in [0.05, 0.1) is 11.2 Å². The Labute approximate surface area is 120 Å². The molecule has 1 aromatic heterocycles. The van der Waals surface area contributed by atoms with Gasteiger partial charge in [0.15, 0.2) is 0 Å². The number of thiazole rings is 1. The van der Waals surface area contributed by atoms with Crippen LogP contribution in [0.3, 0.4) is 0 Å². The fourth-order valence-electron chi connectivity index (χ4n) is 1.87. The number of anilines is 1. The minimum Gasteiger partial charge on any atom is -0.322 e. The first-order valence-electron chi connectivity index (χ1n) is 6.18. The molecule has 98 valence electrons. The molecule has 2 aromatic carbocycles. The number of hydrogen-bond donors (Lipinski definition) is 1. The van der Waals surface area contributed by atoms with Crippen molar-refractivity contribution in [3.8, 4) is 11.3 Å². The zero-order valence-corrected chi connectivity index (χ0v) is 11.4. The van der Waals surface area contributed by atoms with E-state index in [1.807, 2.05) is 47.8 Å². The zero-order chi connectivity index (χ0) is 13.8. The van der Waals surface area contributed by atoms with Gasteiger partial charge in [0.1, 0.15) is 0 Å². The molecule has 0 atom stereocenters. The first-order valence-corrected chi connectivity index (χ1v) is 7.12. The van der Waals surface area contributed by atoms with Crippen molar-refractivity contribution in [3.05, 3.63) is 71.1 Å². The molecule has 0 bridgehead atoms. The standard InChI is InChI=1S/C16H12N2OS/c19-16(13-4-2-1-3-5-13)18-14-8-6-12(7-9-14)15-10-20-11-17-15/h1-11H,(H,18,19). The van der Waals surface area contributed by atoms with Gasteiger partial charge in [-0.1, -0.05) is 30.3 Å². The summed E-state index contributed by atoms with van der Waals surface area (Å²) in [5, 5.41) is 4.87. The molecular weight excluding hydrogens is 268 g/mol. The van der Waals surface area contributed by atoms with E-state index < -0.39 is 0 Å². The van der Waals surface area contributed by atoms with Crippen molar-refractivity contribution >= 4 is 22.9 Å². The highest BCUT2D eigenvalue weighted by Crippen LogP contribution is 2.21. The van der Waals surface area contributed by atoms with E-state index in [-0.39, 0.29) is 5.91 Å². The number of carbonyl (C=O) groups excluding carboxylic acids is 1. The smallest absolute Gasteiger partial charge is 0.255 e. The SMILES string of the molecule is O=C(Nc1ccc(-c2cscn2)cc1)c1ccccc1. The Balaban J connectivity index is 1.74. The Morgan fingerprint density at radius 2 is 1.75 bits per heavy atom. The summed E-state index contributed by atoms with van der Waals surface area (Å²) in [4.78, 5) is 16.3. The van der Waals surface area contributed by atoms with E-state index in [2.05, 4.69) is 10.3 Å². The highest BCUT2D eigenvalue weighted by Gasteiger charge is 2.05. The van der Waals surface area contributed by atoms with Crippen molar-refractivity contribution in [3.63, 3.8) is 0 Å². The van der Waals surface area contributed by atoms with E-state index in [1.165, 1.54) is 0 Å². The zero-order valence-electron chi connectivity index (χ0n) is 10.6. The highest BCUT2D eigenvalue weighted by molar-refractivity contribution is 7.07. The number of nitrogens with zero attached hydrogens (tertiary/aromatic N) is 1. The Kier molecular flexibility index (Phi) is 3.56. The maximum Gasteiger partial charge on any atom is 0.255 e. The third kappa shape index (κ3) is 2.75. The van der Waals surface area contributed by atoms with Crippen molar-refractivity contribution in [2.24, 2.45) is 0 Å². The molecule has 3 rings (SSSR count). The van der Waals surface area contributed by atoms with Crippen molar-refractivity contribution in [1.82, 2.24) is 4.98 Å². The summed E-state index contributed by atoms with van der Waals surface area (Å²) in [6, 6.07) is 16.8. The minimum atomic E-state index is -0.105. The predicted molar refractivity (Wildman–Crippen MR) is 81.9 cm³/mol. The Bertz CT molecular complexity index is 691. The quantitative estimate of drug-likeness (QED) is 0.786. The number of hydrogen-bond acceptors (Lipinski definition) is 3. The lowest BCUT2D eigenvalue weighted by molar-refractivity contribution is 0.102. The fourth-order valence-corrected chi connectivity index (χ4v) is 2.43. The second kappa shape index (κ2) is 5.67. The van der Waals surface area contributed by atoms with Gasteiger partial charge in [0.25, 0.3) is 5.91 Å². The van der Waals surface area contributed by atoms with Crippen LogP contribution in [0.4, 0.5) is 5.69 Å². The average molecular weight is 280 g/mol. The monoisotopic (exact) mass is 280 g/mol. The molecule has 0 saturated heterocycles. The van der Waals surface area contributed by atoms with Gasteiger partial charge in [-0.3, -0.25) is 4.79 Å². The summed E-state index contributed by atoms with van der Waals surface area (Å²) in [6.45, 7) is 0.